The Hall–Kier alpha value is 0.260. The van der Waals surface area contributed by atoms with E-state index in [0.717, 1.165) is 57.8 Å². The summed E-state index contributed by atoms with van der Waals surface area (Å²) in [6.07, 6.45) is 11.7. The van der Waals surface area contributed by atoms with Crippen molar-refractivity contribution in [2.75, 3.05) is 38.9 Å². The summed E-state index contributed by atoms with van der Waals surface area (Å²) >= 11 is 0. The fourth-order valence-electron chi connectivity index (χ4n) is 3.01. The van der Waals surface area contributed by atoms with Gasteiger partial charge in [0.1, 0.15) is 12.6 Å². The van der Waals surface area contributed by atoms with Crippen molar-refractivity contribution in [3.05, 3.63) is 0 Å². The molecule has 0 aromatic heterocycles. The molecule has 0 aromatic rings. The first kappa shape index (κ1) is 31.3. The number of hydrogen-bond donors (Lipinski definition) is 1. The minimum absolute atomic E-state index is 0.0249. The van der Waals surface area contributed by atoms with Crippen LogP contribution in [-0.2, 0) is 22.7 Å². The Kier molecular flexibility index (Phi) is 19.9. The molecule has 7 nitrogen and oxygen atoms in total. The van der Waals surface area contributed by atoms with Gasteiger partial charge in [-0.25, -0.2) is 0 Å². The Labute approximate surface area is 191 Å². The topological polar surface area (TPSA) is 85.3 Å². The second kappa shape index (κ2) is 19.7. The standard InChI is InChI=1S/C22H49NO6P2/c1-5-9-13-14-15-16-17-23(21-30(24,25)27-18-10-6-2)22-31(26,28-19-11-7-3)29-20-12-8-4/h5-22H2,1-4H3,(H,24,25). The lowest BCUT2D eigenvalue weighted by Gasteiger charge is -2.28. The molecule has 0 aliphatic rings. The maximum atomic E-state index is 13.4. The minimum Gasteiger partial charge on any atom is -0.323 e. The number of hydrogen-bond acceptors (Lipinski definition) is 6. The van der Waals surface area contributed by atoms with Crippen molar-refractivity contribution < 1.29 is 27.6 Å². The normalized spacial score (nSPS) is 14.3. The lowest BCUT2D eigenvalue weighted by molar-refractivity contribution is 0.179. The third-order valence-electron chi connectivity index (χ3n) is 4.94. The highest BCUT2D eigenvalue weighted by Gasteiger charge is 2.32. The predicted molar refractivity (Wildman–Crippen MR) is 130 cm³/mol. The molecule has 1 unspecified atom stereocenters. The molecule has 0 saturated carbocycles. The van der Waals surface area contributed by atoms with Crippen molar-refractivity contribution in [1.29, 1.82) is 0 Å². The third-order valence-corrected chi connectivity index (χ3v) is 8.18. The lowest BCUT2D eigenvalue weighted by Crippen LogP contribution is -2.29. The Morgan fingerprint density at radius 3 is 1.58 bits per heavy atom. The summed E-state index contributed by atoms with van der Waals surface area (Å²) in [5.74, 6) is 0. The van der Waals surface area contributed by atoms with E-state index in [4.69, 9.17) is 13.6 Å². The fraction of sp³-hybridized carbons (Fsp3) is 1.00. The molecule has 0 fully saturated rings. The van der Waals surface area contributed by atoms with E-state index in [9.17, 15) is 14.0 Å². The Morgan fingerprint density at radius 1 is 0.613 bits per heavy atom. The van der Waals surface area contributed by atoms with Gasteiger partial charge in [0.15, 0.2) is 0 Å². The molecule has 0 bridgehead atoms. The average Bonchev–Trinajstić information content (AvgIpc) is 2.70. The Balaban J connectivity index is 5.06. The van der Waals surface area contributed by atoms with Gasteiger partial charge in [0, 0.05) is 0 Å². The van der Waals surface area contributed by atoms with E-state index in [-0.39, 0.29) is 19.2 Å². The Morgan fingerprint density at radius 2 is 1.06 bits per heavy atom. The first-order valence-corrected chi connectivity index (χ1v) is 15.9. The van der Waals surface area contributed by atoms with Crippen molar-refractivity contribution in [2.45, 2.75) is 105 Å². The molecule has 1 atom stereocenters. The van der Waals surface area contributed by atoms with Gasteiger partial charge in [-0.1, -0.05) is 79.1 Å². The first-order valence-electron chi connectivity index (χ1n) is 12.4. The van der Waals surface area contributed by atoms with E-state index >= 15 is 0 Å². The minimum atomic E-state index is -3.80. The van der Waals surface area contributed by atoms with E-state index in [2.05, 4.69) is 6.92 Å². The van der Waals surface area contributed by atoms with Gasteiger partial charge >= 0.3 is 15.2 Å². The maximum Gasteiger partial charge on any atom is 0.344 e. The van der Waals surface area contributed by atoms with Gasteiger partial charge in [-0.05, 0) is 32.2 Å². The van der Waals surface area contributed by atoms with E-state index in [0.29, 0.717) is 19.8 Å². The molecule has 0 amide bonds. The lowest BCUT2D eigenvalue weighted by atomic mass is 10.1. The molecule has 9 heteroatoms. The van der Waals surface area contributed by atoms with Crippen LogP contribution in [0.2, 0.25) is 0 Å². The third kappa shape index (κ3) is 18.4. The van der Waals surface area contributed by atoms with Crippen molar-refractivity contribution in [1.82, 2.24) is 4.90 Å². The summed E-state index contributed by atoms with van der Waals surface area (Å²) in [5, 5.41) is 0. The zero-order valence-corrected chi connectivity index (χ0v) is 22.3. The highest BCUT2D eigenvalue weighted by molar-refractivity contribution is 7.54. The number of unbranched alkanes of at least 4 members (excludes halogenated alkanes) is 8. The van der Waals surface area contributed by atoms with Crippen LogP contribution >= 0.6 is 15.2 Å². The van der Waals surface area contributed by atoms with E-state index in [1.165, 1.54) is 19.3 Å². The number of rotatable bonds is 23. The van der Waals surface area contributed by atoms with E-state index in [1.807, 2.05) is 20.8 Å². The Bertz CT molecular complexity index is 492. The van der Waals surface area contributed by atoms with E-state index < -0.39 is 15.2 Å². The van der Waals surface area contributed by atoms with Crippen LogP contribution < -0.4 is 0 Å². The summed E-state index contributed by atoms with van der Waals surface area (Å²) in [5.41, 5.74) is 0. The van der Waals surface area contributed by atoms with Gasteiger partial charge in [-0.15, -0.1) is 0 Å². The van der Waals surface area contributed by atoms with Crippen LogP contribution in [0.5, 0.6) is 0 Å². The van der Waals surface area contributed by atoms with Crippen molar-refractivity contribution in [3.63, 3.8) is 0 Å². The SMILES string of the molecule is CCCCCCCCN(CP(=O)(O)OCCCC)CP(=O)(OCCCC)OCCCC. The molecule has 31 heavy (non-hydrogen) atoms. The molecular formula is C22H49NO6P2. The van der Waals surface area contributed by atoms with Gasteiger partial charge in [-0.2, -0.15) is 0 Å². The van der Waals surface area contributed by atoms with Crippen molar-refractivity contribution in [3.8, 4) is 0 Å². The second-order valence-electron chi connectivity index (χ2n) is 8.25. The molecule has 188 valence electrons. The van der Waals surface area contributed by atoms with Gasteiger partial charge in [0.2, 0.25) is 0 Å². The van der Waals surface area contributed by atoms with Crippen molar-refractivity contribution in [2.24, 2.45) is 0 Å². The van der Waals surface area contributed by atoms with Crippen LogP contribution in [0.25, 0.3) is 0 Å². The zero-order valence-electron chi connectivity index (χ0n) is 20.6. The number of nitrogens with zero attached hydrogens (tertiary/aromatic N) is 1. The maximum absolute atomic E-state index is 13.4. The molecule has 0 aliphatic heterocycles. The molecule has 1 N–H and O–H groups in total. The second-order valence-corrected chi connectivity index (χ2v) is 12.1. The molecule has 0 spiro atoms. The molecule has 0 aliphatic carbocycles. The van der Waals surface area contributed by atoms with Gasteiger partial charge in [0.25, 0.3) is 0 Å². The monoisotopic (exact) mass is 485 g/mol. The fourth-order valence-corrected chi connectivity index (χ4v) is 6.19. The smallest absolute Gasteiger partial charge is 0.323 e. The highest BCUT2D eigenvalue weighted by Crippen LogP contribution is 2.51. The van der Waals surface area contributed by atoms with E-state index in [1.54, 1.807) is 4.90 Å². The van der Waals surface area contributed by atoms with Crippen LogP contribution in [0.4, 0.5) is 0 Å². The average molecular weight is 486 g/mol. The summed E-state index contributed by atoms with van der Waals surface area (Å²) in [6.45, 7) is 9.86. The van der Waals surface area contributed by atoms with Crippen molar-refractivity contribution >= 4 is 15.2 Å². The summed E-state index contributed by atoms with van der Waals surface area (Å²) in [6, 6.07) is 0. The van der Waals surface area contributed by atoms with Crippen LogP contribution in [0, 0.1) is 0 Å². The highest BCUT2D eigenvalue weighted by atomic mass is 31.2. The molecule has 0 saturated heterocycles. The molecule has 0 radical (unpaired) electrons. The van der Waals surface area contributed by atoms with Crippen LogP contribution in [0.3, 0.4) is 0 Å². The van der Waals surface area contributed by atoms with Crippen LogP contribution in [0.15, 0.2) is 0 Å². The summed E-state index contributed by atoms with van der Waals surface area (Å²) in [4.78, 5) is 12.1. The molecule has 0 aromatic carbocycles. The molecule has 0 rings (SSSR count). The predicted octanol–water partition coefficient (Wildman–Crippen LogP) is 7.39. The quantitative estimate of drug-likeness (QED) is 0.119. The largest absolute Gasteiger partial charge is 0.344 e. The van der Waals surface area contributed by atoms with Gasteiger partial charge in [-0.3, -0.25) is 14.0 Å². The zero-order chi connectivity index (χ0) is 23.4. The molecular weight excluding hydrogens is 436 g/mol. The van der Waals surface area contributed by atoms with Gasteiger partial charge < -0.3 is 18.5 Å². The van der Waals surface area contributed by atoms with Crippen LogP contribution in [0.1, 0.15) is 105 Å². The summed E-state index contributed by atoms with van der Waals surface area (Å²) < 4.78 is 42.7. The summed E-state index contributed by atoms with van der Waals surface area (Å²) in [7, 11) is -7.18. The van der Waals surface area contributed by atoms with Gasteiger partial charge in [0.05, 0.1) is 19.8 Å². The van der Waals surface area contributed by atoms with Crippen LogP contribution in [-0.4, -0.2) is 48.7 Å². The molecule has 0 heterocycles. The first-order chi connectivity index (χ1) is 14.8.